The summed E-state index contributed by atoms with van der Waals surface area (Å²) in [5, 5.41) is 13.0. The molecule has 0 aliphatic carbocycles. The first-order chi connectivity index (χ1) is 13.5. The van der Waals surface area contributed by atoms with Crippen LogP contribution in [0.2, 0.25) is 10.0 Å². The molecule has 0 spiro atoms. The molecule has 0 unspecified atom stereocenters. The van der Waals surface area contributed by atoms with Crippen molar-refractivity contribution in [3.63, 3.8) is 0 Å². The predicted molar refractivity (Wildman–Crippen MR) is 112 cm³/mol. The summed E-state index contributed by atoms with van der Waals surface area (Å²) in [5.74, 6) is 1.49. The van der Waals surface area contributed by atoms with E-state index in [2.05, 4.69) is 15.5 Å². The van der Waals surface area contributed by atoms with Crippen LogP contribution in [-0.2, 0) is 11.8 Å². The Hall–Kier alpha value is -2.22. The predicted octanol–water partition coefficient (Wildman–Crippen LogP) is 4.08. The van der Waals surface area contributed by atoms with Crippen LogP contribution in [-0.4, -0.2) is 39.6 Å². The number of nitrogens with one attached hydrogen (secondary N) is 1. The van der Waals surface area contributed by atoms with E-state index < -0.39 is 0 Å². The monoisotopic (exact) mass is 436 g/mol. The van der Waals surface area contributed by atoms with E-state index in [1.54, 1.807) is 30.3 Å². The summed E-state index contributed by atoms with van der Waals surface area (Å²) >= 11 is 13.4. The molecule has 1 heterocycles. The number of aromatic nitrogens is 3. The molecule has 0 fully saturated rings. The molecule has 0 aliphatic rings. The Morgan fingerprint density at radius 1 is 1.14 bits per heavy atom. The lowest BCUT2D eigenvalue weighted by atomic mass is 10.2. The van der Waals surface area contributed by atoms with Gasteiger partial charge in [0.05, 0.1) is 17.3 Å². The van der Waals surface area contributed by atoms with Crippen LogP contribution in [0.15, 0.2) is 53.7 Å². The summed E-state index contributed by atoms with van der Waals surface area (Å²) in [7, 11) is 1.85. The van der Waals surface area contributed by atoms with Gasteiger partial charge in [0.1, 0.15) is 12.4 Å². The smallest absolute Gasteiger partial charge is 0.230 e. The number of ether oxygens (including phenoxy) is 1. The van der Waals surface area contributed by atoms with Crippen molar-refractivity contribution in [3.8, 4) is 17.1 Å². The maximum absolute atomic E-state index is 12.0. The molecule has 146 valence electrons. The standard InChI is InChI=1S/C19H18Cl2N4O2S/c1-25-18(15-4-2-3-5-16(15)21)23-24-19(25)28-12-17(26)22-10-11-27-14-8-6-13(20)7-9-14/h2-9H,10-12H2,1H3,(H,22,26). The van der Waals surface area contributed by atoms with Gasteiger partial charge in [-0.05, 0) is 36.4 Å². The van der Waals surface area contributed by atoms with Crippen LogP contribution in [0.3, 0.4) is 0 Å². The summed E-state index contributed by atoms with van der Waals surface area (Å²) in [6, 6.07) is 14.5. The maximum atomic E-state index is 12.0. The van der Waals surface area contributed by atoms with Crippen molar-refractivity contribution in [2.75, 3.05) is 18.9 Å². The molecule has 0 aliphatic heterocycles. The van der Waals surface area contributed by atoms with Gasteiger partial charge in [0.15, 0.2) is 11.0 Å². The molecule has 2 aromatic carbocycles. The fraction of sp³-hybridized carbons (Fsp3) is 0.211. The summed E-state index contributed by atoms with van der Waals surface area (Å²) in [6.07, 6.45) is 0. The average molecular weight is 437 g/mol. The lowest BCUT2D eigenvalue weighted by molar-refractivity contribution is -0.118. The first kappa shape index (κ1) is 20.5. The number of benzene rings is 2. The van der Waals surface area contributed by atoms with Crippen LogP contribution < -0.4 is 10.1 Å². The quantitative estimate of drug-likeness (QED) is 0.425. The highest BCUT2D eigenvalue weighted by Crippen LogP contribution is 2.28. The third-order valence-corrected chi connectivity index (χ3v) is 5.39. The number of carbonyl (C=O) groups excluding carboxylic acids is 1. The number of hydrogen-bond acceptors (Lipinski definition) is 5. The minimum atomic E-state index is -0.105. The van der Waals surface area contributed by atoms with E-state index in [0.717, 1.165) is 5.56 Å². The second-order valence-corrected chi connectivity index (χ2v) is 7.57. The van der Waals surface area contributed by atoms with E-state index in [1.165, 1.54) is 11.8 Å². The molecular weight excluding hydrogens is 419 g/mol. The highest BCUT2D eigenvalue weighted by atomic mass is 35.5. The van der Waals surface area contributed by atoms with Gasteiger partial charge in [-0.2, -0.15) is 0 Å². The Kier molecular flexibility index (Phi) is 7.19. The number of hydrogen-bond donors (Lipinski definition) is 1. The zero-order chi connectivity index (χ0) is 19.9. The number of rotatable bonds is 8. The number of amides is 1. The lowest BCUT2D eigenvalue weighted by Crippen LogP contribution is -2.29. The molecule has 0 radical (unpaired) electrons. The third kappa shape index (κ3) is 5.41. The lowest BCUT2D eigenvalue weighted by Gasteiger charge is -2.08. The van der Waals surface area contributed by atoms with Crippen molar-refractivity contribution in [3.05, 3.63) is 58.6 Å². The van der Waals surface area contributed by atoms with E-state index in [0.29, 0.717) is 39.9 Å². The van der Waals surface area contributed by atoms with Gasteiger partial charge in [-0.1, -0.05) is 47.1 Å². The van der Waals surface area contributed by atoms with Crippen molar-refractivity contribution >= 4 is 40.9 Å². The van der Waals surface area contributed by atoms with Crippen molar-refractivity contribution in [1.82, 2.24) is 20.1 Å². The second kappa shape index (κ2) is 9.82. The second-order valence-electron chi connectivity index (χ2n) is 5.79. The van der Waals surface area contributed by atoms with Crippen molar-refractivity contribution in [1.29, 1.82) is 0 Å². The molecule has 1 aromatic heterocycles. The van der Waals surface area contributed by atoms with Crippen LogP contribution in [0, 0.1) is 0 Å². The maximum Gasteiger partial charge on any atom is 0.230 e. The molecule has 28 heavy (non-hydrogen) atoms. The van der Waals surface area contributed by atoms with Gasteiger partial charge in [0.25, 0.3) is 0 Å². The zero-order valence-corrected chi connectivity index (χ0v) is 17.4. The highest BCUT2D eigenvalue weighted by Gasteiger charge is 2.14. The van der Waals surface area contributed by atoms with E-state index in [1.807, 2.05) is 29.8 Å². The number of thioether (sulfide) groups is 1. The summed E-state index contributed by atoms with van der Waals surface area (Å²) in [5.41, 5.74) is 0.801. The molecule has 3 aromatic rings. The van der Waals surface area contributed by atoms with E-state index in [9.17, 15) is 4.79 Å². The molecule has 1 amide bonds. The Balaban J connectivity index is 1.45. The molecule has 0 atom stereocenters. The van der Waals surface area contributed by atoms with Crippen molar-refractivity contribution in [2.24, 2.45) is 7.05 Å². The Bertz CT molecular complexity index is 947. The summed E-state index contributed by atoms with van der Waals surface area (Å²) in [4.78, 5) is 12.0. The van der Waals surface area contributed by atoms with Crippen LogP contribution >= 0.6 is 35.0 Å². The first-order valence-electron chi connectivity index (χ1n) is 8.47. The normalized spacial score (nSPS) is 10.7. The highest BCUT2D eigenvalue weighted by molar-refractivity contribution is 7.99. The fourth-order valence-electron chi connectivity index (χ4n) is 2.39. The van der Waals surface area contributed by atoms with Gasteiger partial charge in [-0.15, -0.1) is 10.2 Å². The Morgan fingerprint density at radius 3 is 2.64 bits per heavy atom. The fourth-order valence-corrected chi connectivity index (χ4v) is 3.48. The molecular formula is C19H18Cl2N4O2S. The number of halogens is 2. The molecule has 1 N–H and O–H groups in total. The Morgan fingerprint density at radius 2 is 1.89 bits per heavy atom. The molecule has 6 nitrogen and oxygen atoms in total. The molecule has 9 heteroatoms. The van der Waals surface area contributed by atoms with Gasteiger partial charge in [-0.25, -0.2) is 0 Å². The van der Waals surface area contributed by atoms with Crippen molar-refractivity contribution < 1.29 is 9.53 Å². The first-order valence-corrected chi connectivity index (χ1v) is 10.2. The largest absolute Gasteiger partial charge is 0.492 e. The minimum Gasteiger partial charge on any atom is -0.492 e. The molecule has 0 saturated carbocycles. The third-order valence-electron chi connectivity index (χ3n) is 3.79. The molecule has 0 saturated heterocycles. The Labute approximate surface area is 177 Å². The minimum absolute atomic E-state index is 0.105. The van der Waals surface area contributed by atoms with Crippen LogP contribution in [0.5, 0.6) is 5.75 Å². The van der Waals surface area contributed by atoms with Gasteiger partial charge in [0, 0.05) is 17.6 Å². The van der Waals surface area contributed by atoms with Gasteiger partial charge >= 0.3 is 0 Å². The number of carbonyl (C=O) groups is 1. The zero-order valence-electron chi connectivity index (χ0n) is 15.1. The number of nitrogens with zero attached hydrogens (tertiary/aromatic N) is 3. The van der Waals surface area contributed by atoms with E-state index in [4.69, 9.17) is 27.9 Å². The van der Waals surface area contributed by atoms with E-state index in [-0.39, 0.29) is 11.7 Å². The van der Waals surface area contributed by atoms with Gasteiger partial charge in [0.2, 0.25) is 5.91 Å². The van der Waals surface area contributed by atoms with Crippen molar-refractivity contribution in [2.45, 2.75) is 5.16 Å². The molecule has 3 rings (SSSR count). The average Bonchev–Trinajstić information content (AvgIpc) is 3.06. The van der Waals surface area contributed by atoms with Gasteiger partial charge in [-0.3, -0.25) is 4.79 Å². The molecule has 0 bridgehead atoms. The topological polar surface area (TPSA) is 69.0 Å². The van der Waals surface area contributed by atoms with Crippen LogP contribution in [0.4, 0.5) is 0 Å². The van der Waals surface area contributed by atoms with Crippen LogP contribution in [0.1, 0.15) is 0 Å². The summed E-state index contributed by atoms with van der Waals surface area (Å²) < 4.78 is 7.36. The summed E-state index contributed by atoms with van der Waals surface area (Å²) in [6.45, 7) is 0.782. The van der Waals surface area contributed by atoms with E-state index >= 15 is 0 Å². The van der Waals surface area contributed by atoms with Crippen LogP contribution in [0.25, 0.3) is 11.4 Å². The SMILES string of the molecule is Cn1c(SCC(=O)NCCOc2ccc(Cl)cc2)nnc1-c1ccccc1Cl. The van der Waals surface area contributed by atoms with Gasteiger partial charge < -0.3 is 14.6 Å².